The van der Waals surface area contributed by atoms with Gasteiger partial charge in [0, 0.05) is 12.1 Å². The Labute approximate surface area is 105 Å². The van der Waals surface area contributed by atoms with Crippen molar-refractivity contribution in [2.24, 2.45) is 5.92 Å². The zero-order valence-corrected chi connectivity index (χ0v) is 11.5. The molecule has 0 aromatic heterocycles. The predicted octanol–water partition coefficient (Wildman–Crippen LogP) is 2.89. The quantitative estimate of drug-likeness (QED) is 0.727. The second kappa shape index (κ2) is 7.70. The number of carbonyl (C=O) groups is 1. The standard InChI is InChI=1S/C14H27NO2/c1-4-17-14(16)10-11(2)15-12(3)13-8-6-5-7-9-13/h11-13,15H,4-10H2,1-3H3/t11?,12-/m0/s1. The molecule has 0 aromatic carbocycles. The summed E-state index contributed by atoms with van der Waals surface area (Å²) in [7, 11) is 0. The fourth-order valence-electron chi connectivity index (χ4n) is 2.75. The molecule has 0 saturated heterocycles. The molecule has 17 heavy (non-hydrogen) atoms. The lowest BCUT2D eigenvalue weighted by atomic mass is 9.84. The van der Waals surface area contributed by atoms with Gasteiger partial charge < -0.3 is 10.1 Å². The molecule has 0 spiro atoms. The number of carbonyl (C=O) groups excluding carboxylic acids is 1. The molecule has 0 bridgehead atoms. The average molecular weight is 241 g/mol. The van der Waals surface area contributed by atoms with Crippen LogP contribution in [0.3, 0.4) is 0 Å². The van der Waals surface area contributed by atoms with E-state index in [9.17, 15) is 4.79 Å². The van der Waals surface area contributed by atoms with Gasteiger partial charge in [0.15, 0.2) is 0 Å². The minimum Gasteiger partial charge on any atom is -0.466 e. The van der Waals surface area contributed by atoms with Crippen LogP contribution < -0.4 is 5.32 Å². The minimum atomic E-state index is -0.0941. The van der Waals surface area contributed by atoms with Gasteiger partial charge in [0.25, 0.3) is 0 Å². The number of esters is 1. The molecule has 3 nitrogen and oxygen atoms in total. The molecule has 1 aliphatic carbocycles. The van der Waals surface area contributed by atoms with Gasteiger partial charge in [-0.15, -0.1) is 0 Å². The van der Waals surface area contributed by atoms with Gasteiger partial charge in [-0.05, 0) is 39.5 Å². The van der Waals surface area contributed by atoms with Crippen LogP contribution in [0.15, 0.2) is 0 Å². The average Bonchev–Trinajstić information content (AvgIpc) is 2.30. The summed E-state index contributed by atoms with van der Waals surface area (Å²) in [5.41, 5.74) is 0. The Bertz CT molecular complexity index is 224. The maximum Gasteiger partial charge on any atom is 0.307 e. The maximum atomic E-state index is 11.3. The molecule has 2 atom stereocenters. The first-order valence-corrected chi connectivity index (χ1v) is 7.05. The largest absolute Gasteiger partial charge is 0.466 e. The van der Waals surface area contributed by atoms with Gasteiger partial charge in [0.2, 0.25) is 0 Å². The Morgan fingerprint density at radius 2 is 1.94 bits per heavy atom. The zero-order valence-electron chi connectivity index (χ0n) is 11.5. The highest BCUT2D eigenvalue weighted by Gasteiger charge is 2.21. The lowest BCUT2D eigenvalue weighted by molar-refractivity contribution is -0.143. The van der Waals surface area contributed by atoms with E-state index in [0.29, 0.717) is 19.1 Å². The van der Waals surface area contributed by atoms with Gasteiger partial charge >= 0.3 is 5.97 Å². The molecular weight excluding hydrogens is 214 g/mol. The molecule has 1 aliphatic rings. The van der Waals surface area contributed by atoms with Crippen molar-refractivity contribution in [3.8, 4) is 0 Å². The van der Waals surface area contributed by atoms with Crippen molar-refractivity contribution in [3.05, 3.63) is 0 Å². The van der Waals surface area contributed by atoms with Gasteiger partial charge in [-0.3, -0.25) is 4.79 Å². The molecule has 1 saturated carbocycles. The van der Waals surface area contributed by atoms with Crippen molar-refractivity contribution in [2.75, 3.05) is 6.61 Å². The van der Waals surface area contributed by atoms with Crippen LogP contribution in [-0.4, -0.2) is 24.7 Å². The van der Waals surface area contributed by atoms with Crippen LogP contribution in [-0.2, 0) is 9.53 Å². The van der Waals surface area contributed by atoms with Crippen LogP contribution in [0.1, 0.15) is 59.3 Å². The lowest BCUT2D eigenvalue weighted by Gasteiger charge is -2.30. The Kier molecular flexibility index (Phi) is 6.56. The highest BCUT2D eigenvalue weighted by atomic mass is 16.5. The number of hydrogen-bond acceptors (Lipinski definition) is 3. The first-order valence-electron chi connectivity index (χ1n) is 7.05. The molecule has 1 N–H and O–H groups in total. The van der Waals surface area contributed by atoms with Crippen molar-refractivity contribution in [1.82, 2.24) is 5.32 Å². The SMILES string of the molecule is CCOC(=O)CC(C)N[C@@H](C)C1CCCCC1. The number of ether oxygens (including phenoxy) is 1. The molecule has 0 aromatic rings. The number of hydrogen-bond donors (Lipinski definition) is 1. The van der Waals surface area contributed by atoms with Crippen molar-refractivity contribution >= 4 is 5.97 Å². The second-order valence-corrected chi connectivity index (χ2v) is 5.26. The molecule has 1 rings (SSSR count). The normalized spacial score (nSPS) is 20.9. The summed E-state index contributed by atoms with van der Waals surface area (Å²) in [6, 6.07) is 0.728. The van der Waals surface area contributed by atoms with Crippen molar-refractivity contribution in [3.63, 3.8) is 0 Å². The monoisotopic (exact) mass is 241 g/mol. The van der Waals surface area contributed by atoms with E-state index in [-0.39, 0.29) is 12.0 Å². The van der Waals surface area contributed by atoms with Crippen molar-refractivity contribution < 1.29 is 9.53 Å². The van der Waals surface area contributed by atoms with E-state index in [0.717, 1.165) is 5.92 Å². The number of rotatable bonds is 6. The Hall–Kier alpha value is -0.570. The van der Waals surface area contributed by atoms with Gasteiger partial charge in [0.1, 0.15) is 0 Å². The van der Waals surface area contributed by atoms with Crippen LogP contribution in [0, 0.1) is 5.92 Å². The lowest BCUT2D eigenvalue weighted by Crippen LogP contribution is -2.41. The second-order valence-electron chi connectivity index (χ2n) is 5.26. The van der Waals surface area contributed by atoms with Crippen LogP contribution >= 0.6 is 0 Å². The summed E-state index contributed by atoms with van der Waals surface area (Å²) in [4.78, 5) is 11.3. The molecule has 1 unspecified atom stereocenters. The summed E-state index contributed by atoms with van der Waals surface area (Å²) in [6.45, 7) is 6.64. The molecule has 0 aliphatic heterocycles. The molecule has 0 amide bonds. The molecule has 0 radical (unpaired) electrons. The van der Waals surface area contributed by atoms with E-state index in [1.807, 2.05) is 6.92 Å². The van der Waals surface area contributed by atoms with E-state index in [4.69, 9.17) is 4.74 Å². The third kappa shape index (κ3) is 5.53. The Morgan fingerprint density at radius 3 is 2.53 bits per heavy atom. The van der Waals surface area contributed by atoms with Crippen LogP contribution in [0.4, 0.5) is 0 Å². The molecule has 3 heteroatoms. The summed E-state index contributed by atoms with van der Waals surface area (Å²) in [6.07, 6.45) is 7.26. The third-order valence-corrected chi connectivity index (χ3v) is 3.68. The molecular formula is C14H27NO2. The zero-order chi connectivity index (χ0) is 12.7. The summed E-state index contributed by atoms with van der Waals surface area (Å²) < 4.78 is 4.96. The minimum absolute atomic E-state index is 0.0941. The van der Waals surface area contributed by atoms with E-state index < -0.39 is 0 Å². The molecule has 100 valence electrons. The molecule has 0 heterocycles. The fourth-order valence-corrected chi connectivity index (χ4v) is 2.75. The number of nitrogens with one attached hydrogen (secondary N) is 1. The first kappa shape index (κ1) is 14.5. The van der Waals surface area contributed by atoms with Crippen LogP contribution in [0.2, 0.25) is 0 Å². The van der Waals surface area contributed by atoms with Crippen LogP contribution in [0.25, 0.3) is 0 Å². The maximum absolute atomic E-state index is 11.3. The Balaban J connectivity index is 2.24. The van der Waals surface area contributed by atoms with Gasteiger partial charge in [-0.1, -0.05) is 19.3 Å². The van der Waals surface area contributed by atoms with Crippen LogP contribution in [0.5, 0.6) is 0 Å². The van der Waals surface area contributed by atoms with E-state index >= 15 is 0 Å². The van der Waals surface area contributed by atoms with E-state index in [2.05, 4.69) is 19.2 Å². The summed E-state index contributed by atoms with van der Waals surface area (Å²) >= 11 is 0. The first-order chi connectivity index (χ1) is 8.13. The van der Waals surface area contributed by atoms with Crippen molar-refractivity contribution in [2.45, 2.75) is 71.4 Å². The predicted molar refractivity (Wildman–Crippen MR) is 69.9 cm³/mol. The third-order valence-electron chi connectivity index (χ3n) is 3.68. The van der Waals surface area contributed by atoms with Gasteiger partial charge in [-0.25, -0.2) is 0 Å². The summed E-state index contributed by atoms with van der Waals surface area (Å²) in [5, 5.41) is 3.54. The van der Waals surface area contributed by atoms with Crippen molar-refractivity contribution in [1.29, 1.82) is 0 Å². The Morgan fingerprint density at radius 1 is 1.29 bits per heavy atom. The van der Waals surface area contributed by atoms with E-state index in [1.165, 1.54) is 32.1 Å². The van der Waals surface area contributed by atoms with Gasteiger partial charge in [-0.2, -0.15) is 0 Å². The molecule has 1 fully saturated rings. The van der Waals surface area contributed by atoms with Gasteiger partial charge in [0.05, 0.1) is 13.0 Å². The topological polar surface area (TPSA) is 38.3 Å². The fraction of sp³-hybridized carbons (Fsp3) is 0.929. The smallest absolute Gasteiger partial charge is 0.307 e. The highest BCUT2D eigenvalue weighted by molar-refractivity contribution is 5.70. The summed E-state index contributed by atoms with van der Waals surface area (Å²) in [5.74, 6) is 0.691. The van der Waals surface area contributed by atoms with E-state index in [1.54, 1.807) is 0 Å². The highest BCUT2D eigenvalue weighted by Crippen LogP contribution is 2.26.